The maximum Gasteiger partial charge on any atom is 0.0650 e. The van der Waals surface area contributed by atoms with Crippen LogP contribution in [-0.2, 0) is 0 Å². The lowest BCUT2D eigenvalue weighted by molar-refractivity contribution is 0.689. The Morgan fingerprint density at radius 3 is 2.50 bits per heavy atom. The largest absolute Gasteiger partial charge is 0.385 e. The van der Waals surface area contributed by atoms with Crippen molar-refractivity contribution in [2.45, 2.75) is 13.8 Å². The van der Waals surface area contributed by atoms with Crippen LogP contribution in [0, 0.1) is 5.92 Å². The van der Waals surface area contributed by atoms with E-state index in [1.165, 1.54) is 0 Å². The lowest BCUT2D eigenvalue weighted by Gasteiger charge is -2.09. The minimum absolute atomic E-state index is 0.660. The minimum Gasteiger partial charge on any atom is -0.385 e. The first kappa shape index (κ1) is 10.7. The zero-order valence-corrected chi connectivity index (χ0v) is 9.70. The van der Waals surface area contributed by atoms with E-state index >= 15 is 0 Å². The molecule has 0 saturated carbocycles. The summed E-state index contributed by atoms with van der Waals surface area (Å²) >= 11 is 0. The fourth-order valence-electron chi connectivity index (χ4n) is 1.51. The van der Waals surface area contributed by atoms with E-state index in [0.29, 0.717) is 5.92 Å². The molecule has 0 aliphatic heterocycles. The maximum atomic E-state index is 3.94. The van der Waals surface area contributed by atoms with Crippen molar-refractivity contribution in [3.8, 4) is 11.3 Å². The predicted octanol–water partition coefficient (Wildman–Crippen LogP) is 3.14. The second-order valence-electron chi connectivity index (χ2n) is 4.32. The average Bonchev–Trinajstić information content (AvgIpc) is 2.80. The number of H-pyrrole nitrogens is 1. The van der Waals surface area contributed by atoms with E-state index in [2.05, 4.69) is 53.6 Å². The molecule has 3 nitrogen and oxygen atoms in total. The van der Waals surface area contributed by atoms with E-state index in [1.54, 1.807) is 6.20 Å². The van der Waals surface area contributed by atoms with Gasteiger partial charge in [0, 0.05) is 18.4 Å². The van der Waals surface area contributed by atoms with Crippen molar-refractivity contribution < 1.29 is 0 Å². The van der Waals surface area contributed by atoms with Gasteiger partial charge in [0.15, 0.2) is 0 Å². The predicted molar refractivity (Wildman–Crippen MR) is 67.4 cm³/mol. The Morgan fingerprint density at radius 1 is 1.19 bits per heavy atom. The van der Waals surface area contributed by atoms with Crippen molar-refractivity contribution in [2.24, 2.45) is 5.92 Å². The smallest absolute Gasteiger partial charge is 0.0650 e. The van der Waals surface area contributed by atoms with Crippen molar-refractivity contribution in [1.82, 2.24) is 10.2 Å². The third-order valence-corrected chi connectivity index (χ3v) is 2.41. The molecule has 1 aromatic carbocycles. The number of aromatic amines is 1. The van der Waals surface area contributed by atoms with Crippen LogP contribution in [0.5, 0.6) is 0 Å². The van der Waals surface area contributed by atoms with Crippen molar-refractivity contribution in [2.75, 3.05) is 11.9 Å². The molecule has 0 radical (unpaired) electrons. The van der Waals surface area contributed by atoms with Crippen LogP contribution in [-0.4, -0.2) is 16.7 Å². The van der Waals surface area contributed by atoms with Crippen LogP contribution in [0.4, 0.5) is 5.69 Å². The van der Waals surface area contributed by atoms with Crippen LogP contribution in [0.25, 0.3) is 11.3 Å². The van der Waals surface area contributed by atoms with Crippen molar-refractivity contribution in [1.29, 1.82) is 0 Å². The average molecular weight is 215 g/mol. The highest BCUT2D eigenvalue weighted by molar-refractivity contribution is 5.62. The Morgan fingerprint density at radius 2 is 1.94 bits per heavy atom. The Balaban J connectivity index is 2.05. The molecule has 3 heteroatoms. The van der Waals surface area contributed by atoms with E-state index in [9.17, 15) is 0 Å². The van der Waals surface area contributed by atoms with E-state index in [1.807, 2.05) is 6.07 Å². The number of rotatable bonds is 4. The molecule has 0 aliphatic rings. The molecule has 2 aromatic rings. The molecule has 0 amide bonds. The molecule has 0 spiro atoms. The van der Waals surface area contributed by atoms with Gasteiger partial charge in [0.05, 0.1) is 5.69 Å². The summed E-state index contributed by atoms with van der Waals surface area (Å²) in [5.41, 5.74) is 3.37. The zero-order chi connectivity index (χ0) is 11.4. The van der Waals surface area contributed by atoms with E-state index in [0.717, 1.165) is 23.5 Å². The summed E-state index contributed by atoms with van der Waals surface area (Å²) in [4.78, 5) is 0. The van der Waals surface area contributed by atoms with E-state index in [-0.39, 0.29) is 0 Å². The van der Waals surface area contributed by atoms with Gasteiger partial charge in [-0.05, 0) is 29.7 Å². The van der Waals surface area contributed by atoms with E-state index < -0.39 is 0 Å². The van der Waals surface area contributed by atoms with Gasteiger partial charge in [0.1, 0.15) is 0 Å². The zero-order valence-electron chi connectivity index (χ0n) is 9.70. The molecule has 1 aromatic heterocycles. The van der Waals surface area contributed by atoms with Crippen LogP contribution in [0.15, 0.2) is 36.5 Å². The van der Waals surface area contributed by atoms with Gasteiger partial charge >= 0.3 is 0 Å². The highest BCUT2D eigenvalue weighted by atomic mass is 15.1. The topological polar surface area (TPSA) is 40.7 Å². The Labute approximate surface area is 95.9 Å². The number of anilines is 1. The summed E-state index contributed by atoms with van der Waals surface area (Å²) in [7, 11) is 0. The standard InChI is InChI=1S/C13H17N3/c1-10(2)9-14-12-5-3-11(4-6-12)13-7-8-15-16-13/h3-8,10,14H,9H2,1-2H3,(H,15,16). The van der Waals surface area contributed by atoms with Crippen LogP contribution in [0.3, 0.4) is 0 Å². The van der Waals surface area contributed by atoms with Gasteiger partial charge in [-0.15, -0.1) is 0 Å². The number of hydrogen-bond acceptors (Lipinski definition) is 2. The Bertz CT molecular complexity index is 415. The van der Waals surface area contributed by atoms with Gasteiger partial charge in [0.25, 0.3) is 0 Å². The first-order valence-corrected chi connectivity index (χ1v) is 5.59. The molecule has 16 heavy (non-hydrogen) atoms. The first-order chi connectivity index (χ1) is 7.75. The monoisotopic (exact) mass is 215 g/mol. The molecule has 2 rings (SSSR count). The minimum atomic E-state index is 0.660. The third-order valence-electron chi connectivity index (χ3n) is 2.41. The van der Waals surface area contributed by atoms with Gasteiger partial charge in [-0.3, -0.25) is 5.10 Å². The summed E-state index contributed by atoms with van der Waals surface area (Å²) in [5, 5.41) is 10.3. The molecule has 2 N–H and O–H groups in total. The summed E-state index contributed by atoms with van der Waals surface area (Å²) in [6.07, 6.45) is 1.76. The van der Waals surface area contributed by atoms with Crippen LogP contribution in [0.2, 0.25) is 0 Å². The highest BCUT2D eigenvalue weighted by Crippen LogP contribution is 2.18. The number of hydrogen-bond donors (Lipinski definition) is 2. The molecule has 0 unspecified atom stereocenters. The van der Waals surface area contributed by atoms with Gasteiger partial charge in [0.2, 0.25) is 0 Å². The number of nitrogens with zero attached hydrogens (tertiary/aromatic N) is 1. The molecule has 0 fully saturated rings. The molecule has 0 saturated heterocycles. The summed E-state index contributed by atoms with van der Waals surface area (Å²) in [6, 6.07) is 10.3. The summed E-state index contributed by atoms with van der Waals surface area (Å²) < 4.78 is 0. The van der Waals surface area contributed by atoms with Gasteiger partial charge < -0.3 is 5.32 Å². The molecular formula is C13H17N3. The lowest BCUT2D eigenvalue weighted by Crippen LogP contribution is -2.07. The Kier molecular flexibility index (Phi) is 3.25. The fraction of sp³-hybridized carbons (Fsp3) is 0.308. The third kappa shape index (κ3) is 2.63. The first-order valence-electron chi connectivity index (χ1n) is 5.59. The van der Waals surface area contributed by atoms with Crippen LogP contribution >= 0.6 is 0 Å². The quantitative estimate of drug-likeness (QED) is 0.822. The summed E-state index contributed by atoms with van der Waals surface area (Å²) in [5.74, 6) is 0.660. The lowest BCUT2D eigenvalue weighted by atomic mass is 10.1. The SMILES string of the molecule is CC(C)CNc1ccc(-c2ccn[nH]2)cc1. The second kappa shape index (κ2) is 4.84. The number of benzene rings is 1. The Hall–Kier alpha value is -1.77. The van der Waals surface area contributed by atoms with Crippen molar-refractivity contribution >= 4 is 5.69 Å². The van der Waals surface area contributed by atoms with Crippen molar-refractivity contribution in [3.05, 3.63) is 36.5 Å². The highest BCUT2D eigenvalue weighted by Gasteiger charge is 1.99. The van der Waals surface area contributed by atoms with Crippen LogP contribution < -0.4 is 5.32 Å². The molecule has 0 atom stereocenters. The summed E-state index contributed by atoms with van der Waals surface area (Å²) in [6.45, 7) is 5.40. The number of nitrogens with one attached hydrogen (secondary N) is 2. The van der Waals surface area contributed by atoms with Gasteiger partial charge in [-0.2, -0.15) is 5.10 Å². The molecule has 84 valence electrons. The second-order valence-corrected chi connectivity index (χ2v) is 4.32. The normalized spacial score (nSPS) is 10.7. The van der Waals surface area contributed by atoms with Gasteiger partial charge in [-0.25, -0.2) is 0 Å². The molecule has 0 bridgehead atoms. The molecular weight excluding hydrogens is 198 g/mol. The fourth-order valence-corrected chi connectivity index (χ4v) is 1.51. The van der Waals surface area contributed by atoms with Crippen molar-refractivity contribution in [3.63, 3.8) is 0 Å². The molecule has 1 heterocycles. The van der Waals surface area contributed by atoms with Gasteiger partial charge in [-0.1, -0.05) is 26.0 Å². The molecule has 0 aliphatic carbocycles. The van der Waals surface area contributed by atoms with E-state index in [4.69, 9.17) is 0 Å². The maximum absolute atomic E-state index is 3.94. The van der Waals surface area contributed by atoms with Crippen LogP contribution in [0.1, 0.15) is 13.8 Å². The number of aromatic nitrogens is 2.